The van der Waals surface area contributed by atoms with Crippen molar-refractivity contribution in [3.8, 4) is 11.5 Å². The fourth-order valence-corrected chi connectivity index (χ4v) is 17.6. The maximum absolute atomic E-state index is 13.9. The Morgan fingerprint density at radius 2 is 0.962 bits per heavy atom. The lowest BCUT2D eigenvalue weighted by Gasteiger charge is -2.42. The van der Waals surface area contributed by atoms with E-state index in [9.17, 15) is 33.1 Å². The molecular weight excluding hydrogens is 1010 g/mol. The highest BCUT2D eigenvalue weighted by atomic mass is 28.4. The van der Waals surface area contributed by atoms with Gasteiger partial charge in [0.15, 0.2) is 5.75 Å². The van der Waals surface area contributed by atoms with Crippen LogP contribution in [0.2, 0.25) is 16.6 Å². The van der Waals surface area contributed by atoms with Crippen LogP contribution in [0.5, 0.6) is 11.5 Å². The average molecular weight is 1080 g/mol. The molecule has 17 heteroatoms. The Bertz CT molecular complexity index is 3240. The van der Waals surface area contributed by atoms with Gasteiger partial charge in [-0.15, -0.1) is 0 Å². The van der Waals surface area contributed by atoms with Gasteiger partial charge in [-0.2, -0.15) is 0 Å². The number of aromatic nitrogens is 2. The van der Waals surface area contributed by atoms with Crippen LogP contribution in [-0.2, 0) is 48.4 Å². The summed E-state index contributed by atoms with van der Waals surface area (Å²) in [5.74, 6) is -0.389. The van der Waals surface area contributed by atoms with E-state index in [1.54, 1.807) is 47.3 Å². The largest absolute Gasteiger partial charge is 0.541 e. The summed E-state index contributed by atoms with van der Waals surface area (Å²) in [6, 6.07) is 16.9. The lowest BCUT2D eigenvalue weighted by molar-refractivity contribution is -0.132. The third kappa shape index (κ3) is 11.1. The molecule has 6 aromatic rings. The standard InChI is InChI=1S/C35H47FN4O3Si.C26H27FN4O3/c1-22(2)44(23(3)4,24(5)6)43-34-32-30(21-39(8)35(32)42)28(19-31(41)40-15-13-38(7)14-16-40)29-18-26(20-37-33(29)34)17-25-9-11-27(36)12-10-25;1-29-7-9-31(10-8-29)22(32)13-19-20-12-17(11-16-3-5-18(27)6-4-16)14-28-24(20)25(33)23-21(19)15-30(2)26(23)34/h9-12,18,20,22-24H,13-17,19,21H2,1-8H3;3-6,12,14,33H,7-11,13,15H2,1-2H3. The first-order valence-electron chi connectivity index (χ1n) is 27.4. The van der Waals surface area contributed by atoms with Gasteiger partial charge in [0.2, 0.25) is 11.8 Å². The van der Waals surface area contributed by atoms with Gasteiger partial charge in [0.05, 0.1) is 24.0 Å². The molecule has 412 valence electrons. The Morgan fingerprint density at radius 3 is 1.38 bits per heavy atom. The second kappa shape index (κ2) is 22.9. The van der Waals surface area contributed by atoms with Crippen molar-refractivity contribution >= 4 is 53.8 Å². The summed E-state index contributed by atoms with van der Waals surface area (Å²) < 4.78 is 34.2. The summed E-state index contributed by atoms with van der Waals surface area (Å²) in [6.07, 6.45) is 4.95. The molecular formula is C61H74F2N8O6Si. The predicted octanol–water partition coefficient (Wildman–Crippen LogP) is 8.99. The molecule has 2 fully saturated rings. The Hall–Kier alpha value is -6.82. The van der Waals surface area contributed by atoms with Gasteiger partial charge in [-0.05, 0) is 124 Å². The van der Waals surface area contributed by atoms with Crippen LogP contribution in [-0.4, -0.2) is 157 Å². The van der Waals surface area contributed by atoms with Crippen LogP contribution >= 0.6 is 0 Å². The number of hydrogen-bond donors (Lipinski definition) is 1. The van der Waals surface area contributed by atoms with Crippen LogP contribution < -0.4 is 4.43 Å². The van der Waals surface area contributed by atoms with E-state index in [0.29, 0.717) is 102 Å². The van der Waals surface area contributed by atoms with Gasteiger partial charge in [0, 0.05) is 103 Å². The highest BCUT2D eigenvalue weighted by Gasteiger charge is 2.49. The Balaban J connectivity index is 0.000000196. The number of piperazine rings is 2. The molecule has 0 spiro atoms. The third-order valence-corrected chi connectivity index (χ3v) is 22.7. The van der Waals surface area contributed by atoms with Gasteiger partial charge in [-0.25, -0.2) is 8.78 Å². The molecule has 0 saturated carbocycles. The number of nitrogens with zero attached hydrogens (tertiary/aromatic N) is 8. The van der Waals surface area contributed by atoms with E-state index in [4.69, 9.17) is 9.41 Å². The van der Waals surface area contributed by atoms with Crippen molar-refractivity contribution in [3.05, 3.63) is 140 Å². The number of aromatic hydroxyl groups is 1. The topological polar surface area (TPSA) is 143 Å². The van der Waals surface area contributed by atoms with Crippen molar-refractivity contribution in [3.63, 3.8) is 0 Å². The number of phenolic OH excluding ortho intramolecular Hbond substituents is 1. The van der Waals surface area contributed by atoms with Crippen molar-refractivity contribution in [2.24, 2.45) is 0 Å². The van der Waals surface area contributed by atoms with E-state index in [-0.39, 0.29) is 59.4 Å². The first-order chi connectivity index (χ1) is 37.1. The zero-order valence-corrected chi connectivity index (χ0v) is 47.9. The minimum atomic E-state index is -2.47. The fourth-order valence-electron chi connectivity index (χ4n) is 12.3. The maximum Gasteiger partial charge on any atom is 0.258 e. The molecule has 10 rings (SSSR count). The van der Waals surface area contributed by atoms with Gasteiger partial charge < -0.3 is 38.9 Å². The molecule has 0 aliphatic carbocycles. The molecule has 2 saturated heterocycles. The van der Waals surface area contributed by atoms with Crippen LogP contribution in [0, 0.1) is 11.6 Å². The zero-order valence-electron chi connectivity index (χ0n) is 46.9. The highest BCUT2D eigenvalue weighted by molar-refractivity contribution is 6.78. The van der Waals surface area contributed by atoms with E-state index < -0.39 is 8.32 Å². The average Bonchev–Trinajstić information content (AvgIpc) is 4.05. The molecule has 6 heterocycles. The lowest BCUT2D eigenvalue weighted by atomic mass is 9.92. The molecule has 0 bridgehead atoms. The summed E-state index contributed by atoms with van der Waals surface area (Å²) in [5, 5.41) is 12.5. The zero-order chi connectivity index (χ0) is 55.9. The van der Waals surface area contributed by atoms with Crippen molar-refractivity contribution in [2.75, 3.05) is 80.5 Å². The van der Waals surface area contributed by atoms with Crippen LogP contribution in [0.25, 0.3) is 21.8 Å². The number of halogens is 2. The second-order valence-electron chi connectivity index (χ2n) is 22.9. The smallest absolute Gasteiger partial charge is 0.258 e. The quantitative estimate of drug-likeness (QED) is 0.111. The molecule has 4 aromatic carbocycles. The Kier molecular flexibility index (Phi) is 16.4. The van der Waals surface area contributed by atoms with E-state index >= 15 is 0 Å². The molecule has 0 atom stereocenters. The van der Waals surface area contributed by atoms with E-state index in [0.717, 1.165) is 70.5 Å². The number of rotatable bonds is 13. The van der Waals surface area contributed by atoms with E-state index in [1.807, 2.05) is 36.2 Å². The van der Waals surface area contributed by atoms with E-state index in [1.165, 1.54) is 24.3 Å². The molecule has 0 unspecified atom stereocenters. The number of benzene rings is 4. The molecule has 2 aromatic heterocycles. The monoisotopic (exact) mass is 1080 g/mol. The Morgan fingerprint density at radius 1 is 0.577 bits per heavy atom. The number of hydrogen-bond acceptors (Lipinski definition) is 10. The van der Waals surface area contributed by atoms with Gasteiger partial charge >= 0.3 is 0 Å². The first kappa shape index (κ1) is 55.9. The molecule has 4 aliphatic rings. The second-order valence-corrected chi connectivity index (χ2v) is 28.3. The van der Waals surface area contributed by atoms with Crippen LogP contribution in [0.4, 0.5) is 8.78 Å². The summed E-state index contributed by atoms with van der Waals surface area (Å²) in [7, 11) is 5.15. The molecule has 4 aliphatic heterocycles. The van der Waals surface area contributed by atoms with Crippen LogP contribution in [0.1, 0.15) is 107 Å². The molecule has 0 radical (unpaired) electrons. The number of pyridine rings is 2. The maximum atomic E-state index is 13.9. The number of carbonyl (C=O) groups is 4. The minimum Gasteiger partial charge on any atom is -0.541 e. The van der Waals surface area contributed by atoms with Gasteiger partial charge in [0.25, 0.3) is 20.1 Å². The third-order valence-electron chi connectivity index (χ3n) is 16.7. The fraction of sp³-hybridized carbons (Fsp3) is 0.443. The van der Waals surface area contributed by atoms with Gasteiger partial charge in [-0.3, -0.25) is 29.1 Å². The number of carbonyl (C=O) groups excluding carboxylic acids is 4. The van der Waals surface area contributed by atoms with Gasteiger partial charge in [-0.1, -0.05) is 65.8 Å². The highest BCUT2D eigenvalue weighted by Crippen LogP contribution is 2.48. The predicted molar refractivity (Wildman–Crippen MR) is 302 cm³/mol. The summed E-state index contributed by atoms with van der Waals surface area (Å²) in [6.45, 7) is 20.2. The van der Waals surface area contributed by atoms with Crippen molar-refractivity contribution in [2.45, 2.75) is 96.9 Å². The number of phenols is 1. The SMILES string of the molecule is CC(C)[Si](Oc1c2c(c(CC(=O)N3CCN(C)CC3)c3cc(Cc4ccc(F)cc4)cnc13)CN(C)C2=O)(C(C)C)C(C)C.CN1CCN(C(=O)Cc2c3c(c(O)c4ncc(Cc5ccc(F)cc5)cc24)C(=O)N(C)C3)CC1. The molecule has 1 N–H and O–H groups in total. The summed E-state index contributed by atoms with van der Waals surface area (Å²) in [5.41, 5.74) is 9.63. The summed E-state index contributed by atoms with van der Waals surface area (Å²) >= 11 is 0. The number of fused-ring (bicyclic) bond motifs is 4. The normalized spacial score (nSPS) is 16.2. The first-order valence-corrected chi connectivity index (χ1v) is 29.5. The molecule has 14 nitrogen and oxygen atoms in total. The van der Waals surface area contributed by atoms with E-state index in [2.05, 4.69) is 69.4 Å². The minimum absolute atomic E-state index is 0.00762. The number of amides is 4. The van der Waals surface area contributed by atoms with Gasteiger partial charge in [0.1, 0.15) is 28.4 Å². The molecule has 78 heavy (non-hydrogen) atoms. The van der Waals surface area contributed by atoms with Crippen molar-refractivity contribution in [1.29, 1.82) is 0 Å². The Labute approximate surface area is 458 Å². The number of likely N-dealkylation sites (N-methyl/N-ethyl adjacent to an activating group) is 2. The van der Waals surface area contributed by atoms with Crippen molar-refractivity contribution in [1.82, 2.24) is 39.4 Å². The van der Waals surface area contributed by atoms with Crippen molar-refractivity contribution < 1.29 is 37.5 Å². The summed E-state index contributed by atoms with van der Waals surface area (Å²) in [4.78, 5) is 74.7. The lowest BCUT2D eigenvalue weighted by Crippen LogP contribution is -2.51. The molecule has 4 amide bonds. The van der Waals surface area contributed by atoms with Crippen LogP contribution in [0.3, 0.4) is 0 Å². The van der Waals surface area contributed by atoms with Crippen LogP contribution in [0.15, 0.2) is 73.1 Å².